The number of fused-ring (bicyclic) bond motifs is 3. The molecule has 0 heterocycles. The number of rotatable bonds is 16. The minimum Gasteiger partial charge on any atom is -0.310 e. The van der Waals surface area contributed by atoms with E-state index >= 15 is 0 Å². The fourth-order valence-corrected chi connectivity index (χ4v) is 13.2. The monoisotopic (exact) mass is 1090 g/mol. The first kappa shape index (κ1) is 58.8. The molecule has 9 aromatic rings. The van der Waals surface area contributed by atoms with Crippen molar-refractivity contribution in [1.82, 2.24) is 0 Å². The first-order valence-corrected chi connectivity index (χ1v) is 31.0. The van der Waals surface area contributed by atoms with Gasteiger partial charge in [-0.15, -0.1) is 0 Å². The normalized spacial score (nSPS) is 13.0. The Balaban J connectivity index is 1.10. The van der Waals surface area contributed by atoms with E-state index in [0.29, 0.717) is 0 Å². The molecular formula is C81H92N2. The summed E-state index contributed by atoms with van der Waals surface area (Å²) in [6.07, 6.45) is 8.95. The van der Waals surface area contributed by atoms with E-state index in [1.165, 1.54) is 150 Å². The van der Waals surface area contributed by atoms with Crippen molar-refractivity contribution in [2.45, 2.75) is 177 Å². The molecule has 83 heavy (non-hydrogen) atoms. The zero-order valence-electron chi connectivity index (χ0n) is 53.2. The van der Waals surface area contributed by atoms with E-state index in [4.69, 9.17) is 0 Å². The predicted molar refractivity (Wildman–Crippen MR) is 360 cm³/mol. The molecule has 0 saturated heterocycles. The molecule has 2 nitrogen and oxygen atoms in total. The number of hydrogen-bond donors (Lipinski definition) is 0. The average molecular weight is 1090 g/mol. The second-order valence-electron chi connectivity index (χ2n) is 27.6. The maximum absolute atomic E-state index is 2.51. The van der Waals surface area contributed by atoms with Crippen LogP contribution < -0.4 is 9.80 Å². The van der Waals surface area contributed by atoms with Crippen LogP contribution in [0.25, 0.3) is 22.3 Å². The van der Waals surface area contributed by atoms with Gasteiger partial charge >= 0.3 is 0 Å². The van der Waals surface area contributed by atoms with Crippen LogP contribution in [0.4, 0.5) is 34.1 Å². The van der Waals surface area contributed by atoms with Crippen LogP contribution in [0, 0.1) is 41.5 Å². The zero-order chi connectivity index (χ0) is 59.2. The fraction of sp³-hybridized carbons (Fsp3) is 0.333. The van der Waals surface area contributed by atoms with Crippen molar-refractivity contribution in [1.29, 1.82) is 0 Å². The summed E-state index contributed by atoms with van der Waals surface area (Å²) in [6.45, 7) is 36.7. The molecule has 0 unspecified atom stereocenters. The van der Waals surface area contributed by atoms with Crippen LogP contribution in [0.2, 0.25) is 0 Å². The van der Waals surface area contributed by atoms with Gasteiger partial charge in [0.05, 0.1) is 16.8 Å². The molecule has 0 amide bonds. The maximum atomic E-state index is 2.51. The molecule has 426 valence electrons. The summed E-state index contributed by atoms with van der Waals surface area (Å²) >= 11 is 0. The third kappa shape index (κ3) is 11.8. The Labute approximate surface area is 500 Å². The molecule has 1 aliphatic carbocycles. The molecule has 0 bridgehead atoms. The minimum absolute atomic E-state index is 0.00735. The predicted octanol–water partition coefficient (Wildman–Crippen LogP) is 23.3. The molecule has 1 aliphatic rings. The lowest BCUT2D eigenvalue weighted by Gasteiger charge is -2.35. The van der Waals surface area contributed by atoms with Crippen LogP contribution in [0.1, 0.15) is 186 Å². The highest BCUT2D eigenvalue weighted by Gasteiger charge is 2.46. The number of anilines is 6. The summed E-state index contributed by atoms with van der Waals surface area (Å²) in [5.74, 6) is 0. The summed E-state index contributed by atoms with van der Waals surface area (Å²) in [4.78, 5) is 4.99. The lowest BCUT2D eigenvalue weighted by molar-refractivity contribution is 0.589. The molecule has 0 aromatic heterocycles. The second-order valence-corrected chi connectivity index (χ2v) is 27.6. The highest BCUT2D eigenvalue weighted by molar-refractivity contribution is 5.89. The second kappa shape index (κ2) is 23.3. The Morgan fingerprint density at radius 2 is 0.675 bits per heavy atom. The van der Waals surface area contributed by atoms with Gasteiger partial charge in [-0.3, -0.25) is 0 Å². The number of nitrogens with zero attached hydrogens (tertiary/aromatic N) is 2. The largest absolute Gasteiger partial charge is 0.310 e. The Morgan fingerprint density at radius 3 is 1.06 bits per heavy atom. The van der Waals surface area contributed by atoms with E-state index in [9.17, 15) is 0 Å². The van der Waals surface area contributed by atoms with Crippen molar-refractivity contribution >= 4 is 34.1 Å². The van der Waals surface area contributed by atoms with Crippen molar-refractivity contribution in [2.75, 3.05) is 9.80 Å². The lowest BCUT2D eigenvalue weighted by atomic mass is 9.67. The van der Waals surface area contributed by atoms with Crippen molar-refractivity contribution in [3.8, 4) is 22.3 Å². The van der Waals surface area contributed by atoms with Gasteiger partial charge < -0.3 is 9.80 Å². The summed E-state index contributed by atoms with van der Waals surface area (Å²) in [6, 6.07) is 70.9. The summed E-state index contributed by atoms with van der Waals surface area (Å²) in [5, 5.41) is 0. The van der Waals surface area contributed by atoms with Gasteiger partial charge in [-0.2, -0.15) is 0 Å². The Morgan fingerprint density at radius 1 is 0.337 bits per heavy atom. The van der Waals surface area contributed by atoms with Gasteiger partial charge in [0.1, 0.15) is 0 Å². The number of unbranched alkanes of at least 4 members (excludes halogenated alkanes) is 5. The zero-order valence-corrected chi connectivity index (χ0v) is 53.2. The van der Waals surface area contributed by atoms with Gasteiger partial charge in [0.2, 0.25) is 0 Å². The highest BCUT2D eigenvalue weighted by atomic mass is 15.2. The van der Waals surface area contributed by atoms with Gasteiger partial charge in [-0.25, -0.2) is 0 Å². The third-order valence-electron chi connectivity index (χ3n) is 18.0. The van der Waals surface area contributed by atoms with Crippen molar-refractivity contribution < 1.29 is 0 Å². The maximum Gasteiger partial charge on any atom is 0.0713 e. The van der Waals surface area contributed by atoms with E-state index in [1.54, 1.807) is 0 Å². The van der Waals surface area contributed by atoms with Crippen LogP contribution in [0.3, 0.4) is 0 Å². The Bertz CT molecular complexity index is 3640. The average Bonchev–Trinajstić information content (AvgIpc) is 1.88. The molecule has 10 rings (SSSR count). The standard InChI is InChI=1S/C81H92N2/c1-17-18-19-20-21-22-23-60-26-32-64(33-27-60)81(74-48-54(2)24-46-72(74)73-47-25-55(3)49-75(73)81)65-36-40-69(41-37-65)83(77-58(6)52-67(53-59(77)7)80(14,15)16)71-44-42-70(43-45-71)82(76-56(4)50-66(51-57(76)5)79(11,12)13)68-38-30-62(31-39-68)61-28-34-63(35-29-61)78(8,9)10/h24-53H,17-23H2,1-16H3. The Hall–Kier alpha value is -7.42. The topological polar surface area (TPSA) is 6.48 Å². The van der Waals surface area contributed by atoms with Crippen LogP contribution in [-0.2, 0) is 28.1 Å². The molecule has 0 aliphatic heterocycles. The molecule has 9 aromatic carbocycles. The third-order valence-corrected chi connectivity index (χ3v) is 18.0. The summed E-state index contributed by atoms with van der Waals surface area (Å²) in [7, 11) is 0. The van der Waals surface area contributed by atoms with Crippen LogP contribution in [0.15, 0.2) is 182 Å². The Kier molecular flexibility index (Phi) is 16.5. The first-order valence-electron chi connectivity index (χ1n) is 31.0. The molecule has 0 atom stereocenters. The molecule has 0 radical (unpaired) electrons. The van der Waals surface area contributed by atoms with Crippen molar-refractivity contribution in [3.63, 3.8) is 0 Å². The highest BCUT2D eigenvalue weighted by Crippen LogP contribution is 2.57. The molecule has 0 fully saturated rings. The smallest absolute Gasteiger partial charge is 0.0713 e. The van der Waals surface area contributed by atoms with Crippen LogP contribution >= 0.6 is 0 Å². The van der Waals surface area contributed by atoms with E-state index in [-0.39, 0.29) is 16.2 Å². The van der Waals surface area contributed by atoms with Gasteiger partial charge in [-0.1, -0.05) is 246 Å². The number of hydrogen-bond acceptors (Lipinski definition) is 2. The number of aryl methyl sites for hydroxylation is 7. The van der Waals surface area contributed by atoms with Crippen molar-refractivity contribution in [3.05, 3.63) is 260 Å². The SMILES string of the molecule is CCCCCCCCc1ccc(C2(c3ccc(N(c4ccc(N(c5ccc(-c6ccc(C(C)(C)C)cc6)cc5)c5c(C)cc(C(C)(C)C)cc5C)cc4)c4c(C)cc(C(C)(C)C)cc4C)cc3)c3cc(C)ccc3-c3ccc(C)cc32)cc1. The minimum atomic E-state index is -0.507. The molecule has 2 heteroatoms. The summed E-state index contributed by atoms with van der Waals surface area (Å²) < 4.78 is 0. The van der Waals surface area contributed by atoms with Crippen LogP contribution in [-0.4, -0.2) is 0 Å². The van der Waals surface area contributed by atoms with E-state index in [1.807, 2.05) is 0 Å². The molecule has 0 spiro atoms. The van der Waals surface area contributed by atoms with Crippen molar-refractivity contribution in [2.24, 2.45) is 0 Å². The van der Waals surface area contributed by atoms with E-state index in [2.05, 4.69) is 303 Å². The summed E-state index contributed by atoms with van der Waals surface area (Å²) in [5.41, 5.74) is 30.0. The number of benzene rings is 9. The van der Waals surface area contributed by atoms with Crippen LogP contribution in [0.5, 0.6) is 0 Å². The molecule has 0 N–H and O–H groups in total. The van der Waals surface area contributed by atoms with Gasteiger partial charge in [0.15, 0.2) is 0 Å². The van der Waals surface area contributed by atoms with Gasteiger partial charge in [0.25, 0.3) is 0 Å². The quantitative estimate of drug-likeness (QED) is 0.0890. The van der Waals surface area contributed by atoms with Gasteiger partial charge in [-0.05, 0) is 208 Å². The first-order chi connectivity index (χ1) is 39.5. The lowest BCUT2D eigenvalue weighted by Crippen LogP contribution is -2.29. The van der Waals surface area contributed by atoms with E-state index < -0.39 is 5.41 Å². The van der Waals surface area contributed by atoms with E-state index in [0.717, 1.165) is 29.2 Å². The fourth-order valence-electron chi connectivity index (χ4n) is 13.2. The van der Waals surface area contributed by atoms with Gasteiger partial charge in [0, 0.05) is 22.7 Å². The molecule has 0 saturated carbocycles. The molecular weight excluding hydrogens is 1000 g/mol.